The van der Waals surface area contributed by atoms with Crippen molar-refractivity contribution >= 4 is 29.1 Å². The molecule has 176 valence electrons. The molecular formula is C26H24ClFN2O4. The standard InChI is InChI=1S/C26H24ClFN2O4/c1-14-9-10-20(18(27)11-14)29-25(31)23-16-12-21(33-3)22(34-4)13-17(16)26(32)30(2)24(23)15-7-5-6-8-19(15)28/h5-13,23-24H,1-4H3,(H,29,31)/t23-,24-/m0/s1. The van der Waals surface area contributed by atoms with Crippen LogP contribution in [0.5, 0.6) is 11.5 Å². The van der Waals surface area contributed by atoms with Crippen molar-refractivity contribution in [3.63, 3.8) is 0 Å². The molecule has 8 heteroatoms. The number of benzene rings is 3. The number of hydrogen-bond acceptors (Lipinski definition) is 4. The number of aryl methyl sites for hydroxylation is 1. The summed E-state index contributed by atoms with van der Waals surface area (Å²) >= 11 is 6.35. The fourth-order valence-corrected chi connectivity index (χ4v) is 4.65. The molecule has 0 aromatic heterocycles. The molecule has 0 bridgehead atoms. The maximum Gasteiger partial charge on any atom is 0.254 e. The normalized spacial score (nSPS) is 17.2. The van der Waals surface area contributed by atoms with Crippen molar-refractivity contribution in [1.82, 2.24) is 4.90 Å². The third kappa shape index (κ3) is 4.07. The smallest absolute Gasteiger partial charge is 0.254 e. The van der Waals surface area contributed by atoms with Gasteiger partial charge in [-0.05, 0) is 48.4 Å². The van der Waals surface area contributed by atoms with Gasteiger partial charge in [0.15, 0.2) is 11.5 Å². The minimum atomic E-state index is -0.952. The van der Waals surface area contributed by atoms with Crippen molar-refractivity contribution in [3.05, 3.63) is 87.7 Å². The number of likely N-dealkylation sites (N-methyl/N-ethyl adjacent to an activating group) is 1. The van der Waals surface area contributed by atoms with Crippen molar-refractivity contribution in [3.8, 4) is 11.5 Å². The maximum absolute atomic E-state index is 15.0. The third-order valence-corrected chi connectivity index (χ3v) is 6.38. The summed E-state index contributed by atoms with van der Waals surface area (Å²) in [7, 11) is 4.49. The van der Waals surface area contributed by atoms with Gasteiger partial charge in [-0.3, -0.25) is 9.59 Å². The summed E-state index contributed by atoms with van der Waals surface area (Å²) in [6, 6.07) is 13.7. The van der Waals surface area contributed by atoms with Crippen LogP contribution >= 0.6 is 11.6 Å². The molecule has 3 aromatic carbocycles. The number of anilines is 1. The molecule has 1 aliphatic heterocycles. The first-order chi connectivity index (χ1) is 16.3. The Hall–Kier alpha value is -3.58. The molecule has 1 N–H and O–H groups in total. The molecule has 0 fully saturated rings. The van der Waals surface area contributed by atoms with E-state index in [1.54, 1.807) is 49.5 Å². The van der Waals surface area contributed by atoms with Gasteiger partial charge in [-0.15, -0.1) is 0 Å². The minimum Gasteiger partial charge on any atom is -0.493 e. The largest absolute Gasteiger partial charge is 0.493 e. The van der Waals surface area contributed by atoms with Gasteiger partial charge in [-0.2, -0.15) is 0 Å². The molecule has 2 amide bonds. The molecular weight excluding hydrogens is 459 g/mol. The molecule has 6 nitrogen and oxygen atoms in total. The van der Waals surface area contributed by atoms with Gasteiger partial charge in [0, 0.05) is 18.2 Å². The van der Waals surface area contributed by atoms with Crippen molar-refractivity contribution in [1.29, 1.82) is 0 Å². The second-order valence-electron chi connectivity index (χ2n) is 8.13. The van der Waals surface area contributed by atoms with Crippen molar-refractivity contribution in [2.75, 3.05) is 26.6 Å². The lowest BCUT2D eigenvalue weighted by Crippen LogP contribution is -2.44. The molecule has 3 aromatic rings. The van der Waals surface area contributed by atoms with E-state index in [9.17, 15) is 14.0 Å². The highest BCUT2D eigenvalue weighted by atomic mass is 35.5. The first-order valence-corrected chi connectivity index (χ1v) is 11.0. The average Bonchev–Trinajstić information content (AvgIpc) is 2.82. The molecule has 0 radical (unpaired) electrons. The van der Waals surface area contributed by atoms with Gasteiger partial charge in [0.25, 0.3) is 5.91 Å². The number of nitrogens with one attached hydrogen (secondary N) is 1. The molecule has 4 rings (SSSR count). The Morgan fingerprint density at radius 1 is 1.03 bits per heavy atom. The molecule has 2 atom stereocenters. The van der Waals surface area contributed by atoms with Crippen LogP contribution in [0.1, 0.15) is 39.0 Å². The molecule has 0 unspecified atom stereocenters. The zero-order valence-corrected chi connectivity index (χ0v) is 19.9. The number of amides is 2. The van der Waals surface area contributed by atoms with Crippen molar-refractivity contribution in [2.24, 2.45) is 0 Å². The van der Waals surface area contributed by atoms with Crippen molar-refractivity contribution in [2.45, 2.75) is 18.9 Å². The fraction of sp³-hybridized carbons (Fsp3) is 0.231. The van der Waals surface area contributed by atoms with Gasteiger partial charge in [-0.25, -0.2) is 4.39 Å². The summed E-state index contributed by atoms with van der Waals surface area (Å²) in [5.74, 6) is -1.55. The molecule has 0 spiro atoms. The highest BCUT2D eigenvalue weighted by molar-refractivity contribution is 6.33. The summed E-state index contributed by atoms with van der Waals surface area (Å²) in [4.78, 5) is 28.5. The molecule has 1 aliphatic rings. The number of carbonyl (C=O) groups excluding carboxylic acids is 2. The van der Waals surface area contributed by atoms with E-state index < -0.39 is 23.7 Å². The topological polar surface area (TPSA) is 67.9 Å². The highest BCUT2D eigenvalue weighted by Gasteiger charge is 2.44. The number of halogens is 2. The van der Waals surface area contributed by atoms with Gasteiger partial charge in [0.2, 0.25) is 5.91 Å². The number of ether oxygens (including phenoxy) is 2. The monoisotopic (exact) mass is 482 g/mol. The fourth-order valence-electron chi connectivity index (χ4n) is 4.37. The number of carbonyl (C=O) groups is 2. The van der Waals surface area contributed by atoms with E-state index in [1.165, 1.54) is 25.2 Å². The van der Waals surface area contributed by atoms with Gasteiger partial charge in [0.1, 0.15) is 5.82 Å². The summed E-state index contributed by atoms with van der Waals surface area (Å²) in [6.45, 7) is 1.89. The maximum atomic E-state index is 15.0. The Bertz CT molecular complexity index is 1280. The van der Waals surface area contributed by atoms with E-state index in [4.69, 9.17) is 21.1 Å². The number of methoxy groups -OCH3 is 2. The van der Waals surface area contributed by atoms with Gasteiger partial charge in [-0.1, -0.05) is 35.9 Å². The Kier molecular flexibility index (Phi) is 6.48. The van der Waals surface area contributed by atoms with Crippen LogP contribution in [-0.4, -0.2) is 38.0 Å². The Balaban J connectivity index is 1.91. The summed E-state index contributed by atoms with van der Waals surface area (Å²) in [6.07, 6.45) is 0. The third-order valence-electron chi connectivity index (χ3n) is 6.06. The molecule has 34 heavy (non-hydrogen) atoms. The second kappa shape index (κ2) is 9.35. The Morgan fingerprint density at radius 3 is 2.35 bits per heavy atom. The van der Waals surface area contributed by atoms with E-state index in [0.717, 1.165) is 5.56 Å². The number of nitrogens with zero attached hydrogens (tertiary/aromatic N) is 1. The van der Waals surface area contributed by atoms with E-state index in [1.807, 2.05) is 13.0 Å². The number of fused-ring (bicyclic) bond motifs is 1. The predicted molar refractivity (Wildman–Crippen MR) is 128 cm³/mol. The number of hydrogen-bond donors (Lipinski definition) is 1. The SMILES string of the molecule is COc1cc2c(cc1OC)[C@H](C(=O)Nc1ccc(C)cc1Cl)[C@H](c1ccccc1F)N(C)C2=O. The second-order valence-corrected chi connectivity index (χ2v) is 8.53. The first-order valence-electron chi connectivity index (χ1n) is 10.6. The Morgan fingerprint density at radius 2 is 1.71 bits per heavy atom. The van der Waals surface area contributed by atoms with Crippen molar-refractivity contribution < 1.29 is 23.5 Å². The zero-order valence-electron chi connectivity index (χ0n) is 19.2. The first kappa shape index (κ1) is 23.6. The lowest BCUT2D eigenvalue weighted by Gasteiger charge is -2.40. The van der Waals surface area contributed by atoms with E-state index >= 15 is 0 Å². The number of rotatable bonds is 5. The summed E-state index contributed by atoms with van der Waals surface area (Å²) in [5.41, 5.74) is 2.29. The molecule has 0 aliphatic carbocycles. The van der Waals surface area contributed by atoms with Crippen LogP contribution in [0.4, 0.5) is 10.1 Å². The summed E-state index contributed by atoms with van der Waals surface area (Å²) in [5, 5.41) is 3.24. The lowest BCUT2D eigenvalue weighted by atomic mass is 9.79. The molecule has 0 saturated heterocycles. The van der Waals surface area contributed by atoms with Crippen LogP contribution in [0.25, 0.3) is 0 Å². The van der Waals surface area contributed by atoms with E-state index in [-0.39, 0.29) is 17.0 Å². The minimum absolute atomic E-state index is 0.230. The highest BCUT2D eigenvalue weighted by Crippen LogP contribution is 2.46. The molecule has 0 saturated carbocycles. The van der Waals surface area contributed by atoms with Gasteiger partial charge < -0.3 is 19.7 Å². The average molecular weight is 483 g/mol. The van der Waals surface area contributed by atoms with Crippen LogP contribution in [-0.2, 0) is 4.79 Å². The molecule has 1 heterocycles. The van der Waals surface area contributed by atoms with Crippen LogP contribution in [0, 0.1) is 12.7 Å². The summed E-state index contributed by atoms with van der Waals surface area (Å²) < 4.78 is 25.7. The Labute approximate surface area is 202 Å². The zero-order chi connectivity index (χ0) is 24.6. The van der Waals surface area contributed by atoms with Crippen LogP contribution in [0.3, 0.4) is 0 Å². The van der Waals surface area contributed by atoms with E-state index in [2.05, 4.69) is 5.32 Å². The predicted octanol–water partition coefficient (Wildman–Crippen LogP) is 5.35. The van der Waals surface area contributed by atoms with E-state index in [0.29, 0.717) is 27.8 Å². The van der Waals surface area contributed by atoms with Crippen LogP contribution < -0.4 is 14.8 Å². The van der Waals surface area contributed by atoms with Gasteiger partial charge in [0.05, 0.1) is 36.9 Å². The lowest BCUT2D eigenvalue weighted by molar-refractivity contribution is -0.119. The van der Waals surface area contributed by atoms with Crippen LogP contribution in [0.15, 0.2) is 54.6 Å². The van der Waals surface area contributed by atoms with Crippen LogP contribution in [0.2, 0.25) is 5.02 Å². The van der Waals surface area contributed by atoms with Gasteiger partial charge >= 0.3 is 0 Å². The quantitative estimate of drug-likeness (QED) is 0.532.